The molecule has 1 aromatic rings. The first-order valence-corrected chi connectivity index (χ1v) is 9.55. The zero-order valence-electron chi connectivity index (χ0n) is 15.2. The Morgan fingerprint density at radius 1 is 1.38 bits per heavy atom. The molecule has 0 N–H and O–H groups in total. The van der Waals surface area contributed by atoms with Gasteiger partial charge in [-0.3, -0.25) is 9.63 Å². The van der Waals surface area contributed by atoms with Crippen molar-refractivity contribution in [3.8, 4) is 0 Å². The van der Waals surface area contributed by atoms with Crippen LogP contribution in [0.3, 0.4) is 0 Å². The molecule has 7 atom stereocenters. The smallest absolute Gasteiger partial charge is 0.264 e. The highest BCUT2D eigenvalue weighted by molar-refractivity contribution is 6.08. The number of rotatable bonds is 2. The molecule has 2 saturated carbocycles. The molecule has 1 aromatic carbocycles. The van der Waals surface area contributed by atoms with Gasteiger partial charge in [0, 0.05) is 29.8 Å². The van der Waals surface area contributed by atoms with Crippen molar-refractivity contribution in [1.29, 1.82) is 0 Å². The molecule has 5 aliphatic rings. The average Bonchev–Trinajstić information content (AvgIpc) is 3.13. The predicted molar refractivity (Wildman–Crippen MR) is 96.5 cm³/mol. The fourth-order valence-electron chi connectivity index (χ4n) is 7.64. The van der Waals surface area contributed by atoms with Crippen LogP contribution in [0.15, 0.2) is 36.9 Å². The topological polar surface area (TPSA) is 42.0 Å². The van der Waals surface area contributed by atoms with Gasteiger partial charge in [0.25, 0.3) is 5.91 Å². The minimum atomic E-state index is -0.669. The molecule has 5 bridgehead atoms. The van der Waals surface area contributed by atoms with Gasteiger partial charge in [0.2, 0.25) is 0 Å². The summed E-state index contributed by atoms with van der Waals surface area (Å²) in [6.07, 6.45) is 3.04. The minimum Gasteiger partial charge on any atom is -0.376 e. The SMILES string of the molecule is C=C[C@]12CN(C)[C@@H]3[C@H]4CO[C@H](C[C@H]41)[C@]1(C(=O)N(OC)c4ccccc41)[C@@H]32. The maximum Gasteiger partial charge on any atom is 0.264 e. The molecule has 2 saturated heterocycles. The number of hydrogen-bond acceptors (Lipinski definition) is 4. The van der Waals surface area contributed by atoms with E-state index in [1.165, 1.54) is 5.06 Å². The highest BCUT2D eigenvalue weighted by Gasteiger charge is 2.80. The largest absolute Gasteiger partial charge is 0.376 e. The highest BCUT2D eigenvalue weighted by atomic mass is 16.7. The van der Waals surface area contributed by atoms with Crippen molar-refractivity contribution in [2.24, 2.45) is 23.2 Å². The van der Waals surface area contributed by atoms with Crippen LogP contribution in [0.25, 0.3) is 0 Å². The van der Waals surface area contributed by atoms with Crippen LogP contribution in [0, 0.1) is 23.2 Å². The van der Waals surface area contributed by atoms with E-state index < -0.39 is 5.41 Å². The predicted octanol–water partition coefficient (Wildman–Crippen LogP) is 1.98. The van der Waals surface area contributed by atoms with Gasteiger partial charge < -0.3 is 9.64 Å². The van der Waals surface area contributed by atoms with Gasteiger partial charge in [-0.15, -0.1) is 6.58 Å². The Bertz CT molecular complexity index is 840. The summed E-state index contributed by atoms with van der Waals surface area (Å²) in [5.41, 5.74) is 1.27. The lowest BCUT2D eigenvalue weighted by Gasteiger charge is -2.54. The molecule has 136 valence electrons. The summed E-state index contributed by atoms with van der Waals surface area (Å²) >= 11 is 0. The Labute approximate surface area is 153 Å². The Morgan fingerprint density at radius 2 is 2.19 bits per heavy atom. The van der Waals surface area contributed by atoms with Gasteiger partial charge in [0.05, 0.1) is 25.5 Å². The van der Waals surface area contributed by atoms with Gasteiger partial charge in [-0.1, -0.05) is 24.3 Å². The van der Waals surface area contributed by atoms with Crippen LogP contribution in [-0.2, 0) is 19.8 Å². The monoisotopic (exact) mass is 352 g/mol. The van der Waals surface area contributed by atoms with Crippen LogP contribution >= 0.6 is 0 Å². The molecule has 2 aliphatic carbocycles. The van der Waals surface area contributed by atoms with Crippen LogP contribution in [0.4, 0.5) is 5.69 Å². The lowest BCUT2D eigenvalue weighted by atomic mass is 9.51. The van der Waals surface area contributed by atoms with Crippen LogP contribution < -0.4 is 5.06 Å². The molecule has 3 aliphatic heterocycles. The summed E-state index contributed by atoms with van der Waals surface area (Å²) in [5, 5.41) is 1.50. The van der Waals surface area contributed by atoms with E-state index in [1.807, 2.05) is 18.2 Å². The molecule has 5 nitrogen and oxygen atoms in total. The summed E-state index contributed by atoms with van der Waals surface area (Å²) in [6.45, 7) is 6.00. The molecule has 0 aromatic heterocycles. The van der Waals surface area contributed by atoms with Crippen LogP contribution in [-0.4, -0.2) is 50.3 Å². The Kier molecular flexibility index (Phi) is 2.71. The van der Waals surface area contributed by atoms with Gasteiger partial charge in [-0.05, 0) is 31.0 Å². The van der Waals surface area contributed by atoms with Gasteiger partial charge in [-0.25, -0.2) is 0 Å². The highest BCUT2D eigenvalue weighted by Crippen LogP contribution is 2.73. The number of carbonyl (C=O) groups is 1. The molecule has 26 heavy (non-hydrogen) atoms. The number of carbonyl (C=O) groups excluding carboxylic acids is 1. The van der Waals surface area contributed by atoms with Crippen LogP contribution in [0.1, 0.15) is 12.0 Å². The molecular weight excluding hydrogens is 328 g/mol. The van der Waals surface area contributed by atoms with Gasteiger partial charge >= 0.3 is 0 Å². The third kappa shape index (κ3) is 1.30. The maximum absolute atomic E-state index is 13.9. The van der Waals surface area contributed by atoms with E-state index in [0.717, 1.165) is 30.8 Å². The number of anilines is 1. The van der Waals surface area contributed by atoms with Crippen molar-refractivity contribution in [2.75, 3.05) is 32.4 Å². The van der Waals surface area contributed by atoms with E-state index >= 15 is 0 Å². The lowest BCUT2D eigenvalue weighted by molar-refractivity contribution is -0.159. The molecule has 0 radical (unpaired) electrons. The van der Waals surface area contributed by atoms with Crippen molar-refractivity contribution < 1.29 is 14.4 Å². The normalized spacial score (nSPS) is 47.8. The second kappa shape index (κ2) is 4.58. The van der Waals surface area contributed by atoms with Crippen LogP contribution in [0.2, 0.25) is 0 Å². The Balaban J connectivity index is 1.68. The molecule has 4 fully saturated rings. The number of nitrogens with zero attached hydrogens (tertiary/aromatic N) is 2. The fourth-order valence-corrected chi connectivity index (χ4v) is 7.64. The number of amides is 1. The molecular formula is C21H24N2O3. The maximum atomic E-state index is 13.9. The number of benzene rings is 1. The quantitative estimate of drug-likeness (QED) is 0.764. The first kappa shape index (κ1) is 15.4. The van der Waals surface area contributed by atoms with Gasteiger partial charge in [0.15, 0.2) is 0 Å². The van der Waals surface area contributed by atoms with E-state index in [4.69, 9.17) is 9.57 Å². The number of ether oxygens (including phenoxy) is 1. The van der Waals surface area contributed by atoms with Crippen LogP contribution in [0.5, 0.6) is 0 Å². The summed E-state index contributed by atoms with van der Waals surface area (Å²) in [6, 6.07) is 8.47. The van der Waals surface area contributed by atoms with E-state index in [9.17, 15) is 4.79 Å². The van der Waals surface area contributed by atoms with Crippen molar-refractivity contribution in [2.45, 2.75) is 24.0 Å². The Hall–Kier alpha value is -1.69. The summed E-state index contributed by atoms with van der Waals surface area (Å²) in [4.78, 5) is 21.9. The number of fused-ring (bicyclic) bond motifs is 5. The Morgan fingerprint density at radius 3 is 2.96 bits per heavy atom. The molecule has 5 heteroatoms. The van der Waals surface area contributed by atoms with E-state index in [2.05, 4.69) is 30.7 Å². The summed E-state index contributed by atoms with van der Waals surface area (Å²) in [7, 11) is 3.78. The number of hydrogen-bond donors (Lipinski definition) is 0. The molecule has 0 unspecified atom stereocenters. The van der Waals surface area contributed by atoms with Crippen molar-refractivity contribution >= 4 is 11.6 Å². The molecule has 1 amide bonds. The lowest BCUT2D eigenvalue weighted by Crippen LogP contribution is -2.63. The molecule has 6 rings (SSSR count). The number of para-hydroxylation sites is 1. The minimum absolute atomic E-state index is 0.0170. The van der Waals surface area contributed by atoms with Gasteiger partial charge in [0.1, 0.15) is 5.41 Å². The number of hydroxylamine groups is 1. The second-order valence-corrected chi connectivity index (χ2v) is 8.70. The molecule has 1 spiro atoms. The average molecular weight is 352 g/mol. The third-order valence-corrected chi connectivity index (χ3v) is 8.22. The van der Waals surface area contributed by atoms with Gasteiger partial charge in [-0.2, -0.15) is 5.06 Å². The van der Waals surface area contributed by atoms with E-state index in [0.29, 0.717) is 17.9 Å². The first-order valence-electron chi connectivity index (χ1n) is 9.55. The fraction of sp³-hybridized carbons (Fsp3) is 0.571. The van der Waals surface area contributed by atoms with Crippen molar-refractivity contribution in [3.05, 3.63) is 42.5 Å². The summed E-state index contributed by atoms with van der Waals surface area (Å²) < 4.78 is 6.39. The first-order chi connectivity index (χ1) is 12.6. The van der Waals surface area contributed by atoms with E-state index in [-0.39, 0.29) is 23.3 Å². The van der Waals surface area contributed by atoms with Crippen molar-refractivity contribution in [3.63, 3.8) is 0 Å². The zero-order chi connectivity index (χ0) is 17.8. The number of likely N-dealkylation sites (tertiary alicyclic amines) is 1. The number of piperidine rings is 1. The third-order valence-electron chi connectivity index (χ3n) is 8.22. The van der Waals surface area contributed by atoms with Crippen molar-refractivity contribution in [1.82, 2.24) is 4.90 Å². The standard InChI is InChI=1S/C21H24N2O3/c1-4-20-11-22(2)17-12-10-26-16(9-14(12)20)21(18(17)20)13-7-5-6-8-15(13)23(25-3)19(21)24/h4-8,12,14,16-18H,1,9-11H2,2-3H3/t12-,14+,16+,17+,18-,20-,21-/m0/s1. The molecule has 3 heterocycles. The summed E-state index contributed by atoms with van der Waals surface area (Å²) in [5.74, 6) is 1.31. The zero-order valence-corrected chi connectivity index (χ0v) is 15.2. The van der Waals surface area contributed by atoms with E-state index in [1.54, 1.807) is 7.11 Å². The second-order valence-electron chi connectivity index (χ2n) is 8.70.